The predicted octanol–water partition coefficient (Wildman–Crippen LogP) is 2.82. The third kappa shape index (κ3) is 3.83. The van der Waals surface area contributed by atoms with E-state index in [1.54, 1.807) is 0 Å². The molecule has 2 aromatic carbocycles. The van der Waals surface area contributed by atoms with Crippen LogP contribution < -0.4 is 5.32 Å². The van der Waals surface area contributed by atoms with Gasteiger partial charge in [-0.25, -0.2) is 0 Å². The van der Waals surface area contributed by atoms with Crippen molar-refractivity contribution in [3.8, 4) is 11.1 Å². The van der Waals surface area contributed by atoms with Gasteiger partial charge in [0.2, 0.25) is 0 Å². The highest BCUT2D eigenvalue weighted by molar-refractivity contribution is 5.85. The lowest BCUT2D eigenvalue weighted by molar-refractivity contribution is -0.149. The molecule has 0 saturated carbocycles. The molecule has 1 aliphatic heterocycles. The van der Waals surface area contributed by atoms with Crippen molar-refractivity contribution in [3.05, 3.63) is 59.7 Å². The van der Waals surface area contributed by atoms with E-state index in [1.165, 1.54) is 5.56 Å². The first-order valence-electron chi connectivity index (χ1n) is 8.31. The van der Waals surface area contributed by atoms with Crippen LogP contribution >= 0.6 is 0 Å². The molecular formula is C20H23NO3. The summed E-state index contributed by atoms with van der Waals surface area (Å²) < 4.78 is 5.21. The fourth-order valence-electron chi connectivity index (χ4n) is 2.97. The van der Waals surface area contributed by atoms with E-state index in [0.29, 0.717) is 32.6 Å². The summed E-state index contributed by atoms with van der Waals surface area (Å²) in [6.45, 7) is 3.32. The lowest BCUT2D eigenvalue weighted by atomic mass is 9.93. The van der Waals surface area contributed by atoms with Crippen molar-refractivity contribution in [1.29, 1.82) is 0 Å². The molecule has 0 spiro atoms. The second-order valence-electron chi connectivity index (χ2n) is 6.40. The Balaban J connectivity index is 1.68. The van der Waals surface area contributed by atoms with Crippen LogP contribution in [0.15, 0.2) is 48.5 Å². The maximum atomic E-state index is 12.3. The van der Waals surface area contributed by atoms with Gasteiger partial charge in [-0.15, -0.1) is 0 Å². The molecule has 1 aliphatic rings. The minimum atomic E-state index is -1.30. The highest BCUT2D eigenvalue weighted by Crippen LogP contribution is 2.23. The zero-order valence-electron chi connectivity index (χ0n) is 13.9. The van der Waals surface area contributed by atoms with Gasteiger partial charge in [0, 0.05) is 32.6 Å². The third-order valence-corrected chi connectivity index (χ3v) is 4.47. The Kier molecular flexibility index (Phi) is 4.97. The molecule has 1 saturated heterocycles. The molecule has 2 aromatic rings. The Morgan fingerprint density at radius 2 is 1.79 bits per heavy atom. The predicted molar refractivity (Wildman–Crippen MR) is 93.5 cm³/mol. The van der Waals surface area contributed by atoms with Gasteiger partial charge in [0.1, 0.15) is 5.60 Å². The normalized spacial score (nSPS) is 16.6. The van der Waals surface area contributed by atoms with Gasteiger partial charge in [0.15, 0.2) is 0 Å². The fourth-order valence-corrected chi connectivity index (χ4v) is 2.97. The molecule has 3 rings (SSSR count). The van der Waals surface area contributed by atoms with Crippen molar-refractivity contribution in [2.45, 2.75) is 31.9 Å². The molecule has 1 heterocycles. The topological polar surface area (TPSA) is 58.6 Å². The number of carbonyl (C=O) groups is 1. The van der Waals surface area contributed by atoms with Gasteiger partial charge in [0.25, 0.3) is 5.91 Å². The monoisotopic (exact) mass is 325 g/mol. The van der Waals surface area contributed by atoms with Crippen LogP contribution in [0.3, 0.4) is 0 Å². The highest BCUT2D eigenvalue weighted by Gasteiger charge is 2.37. The second kappa shape index (κ2) is 7.16. The van der Waals surface area contributed by atoms with Gasteiger partial charge in [-0.05, 0) is 29.7 Å². The summed E-state index contributed by atoms with van der Waals surface area (Å²) in [6, 6.07) is 16.4. The molecule has 4 heteroatoms. The van der Waals surface area contributed by atoms with Crippen molar-refractivity contribution in [2.75, 3.05) is 13.2 Å². The smallest absolute Gasteiger partial charge is 0.252 e. The van der Waals surface area contributed by atoms with Gasteiger partial charge in [0.05, 0.1) is 0 Å². The average molecular weight is 325 g/mol. The van der Waals surface area contributed by atoms with Crippen molar-refractivity contribution in [2.24, 2.45) is 0 Å². The van der Waals surface area contributed by atoms with Crippen LogP contribution in [0.2, 0.25) is 0 Å². The standard InChI is InChI=1S/C20H23NO3/c1-15-4-2-6-17(12-15)18-7-3-5-16(13-18)14-21-19(22)20(23)8-10-24-11-9-20/h2-7,12-13,23H,8-11,14H2,1H3,(H,21,22). The summed E-state index contributed by atoms with van der Waals surface area (Å²) in [6.07, 6.45) is 0.699. The Morgan fingerprint density at radius 1 is 1.12 bits per heavy atom. The highest BCUT2D eigenvalue weighted by atomic mass is 16.5. The van der Waals surface area contributed by atoms with Crippen LogP contribution in [0, 0.1) is 6.92 Å². The molecule has 1 amide bonds. The Bertz CT molecular complexity index is 720. The first-order valence-corrected chi connectivity index (χ1v) is 8.31. The Morgan fingerprint density at radius 3 is 2.50 bits per heavy atom. The van der Waals surface area contributed by atoms with E-state index in [2.05, 4.69) is 42.6 Å². The molecule has 126 valence electrons. The largest absolute Gasteiger partial charge is 0.381 e. The van der Waals surface area contributed by atoms with Gasteiger partial charge in [-0.1, -0.05) is 48.0 Å². The van der Waals surface area contributed by atoms with Gasteiger partial charge < -0.3 is 15.2 Å². The van der Waals surface area contributed by atoms with Gasteiger partial charge in [-0.3, -0.25) is 4.79 Å². The first-order chi connectivity index (χ1) is 11.6. The molecule has 4 nitrogen and oxygen atoms in total. The molecule has 24 heavy (non-hydrogen) atoms. The molecule has 0 unspecified atom stereocenters. The summed E-state index contributed by atoms with van der Waals surface area (Å²) in [4.78, 5) is 12.3. The summed E-state index contributed by atoms with van der Waals surface area (Å²) >= 11 is 0. The summed E-state index contributed by atoms with van der Waals surface area (Å²) in [7, 11) is 0. The van der Waals surface area contributed by atoms with Crippen molar-refractivity contribution >= 4 is 5.91 Å². The zero-order valence-corrected chi connectivity index (χ0v) is 13.9. The molecule has 0 atom stereocenters. The minimum Gasteiger partial charge on any atom is -0.381 e. The van der Waals surface area contributed by atoms with E-state index in [1.807, 2.05) is 18.2 Å². The number of ether oxygens (including phenoxy) is 1. The molecule has 0 bridgehead atoms. The van der Waals surface area contributed by atoms with Crippen LogP contribution in [0.25, 0.3) is 11.1 Å². The Hall–Kier alpha value is -2.17. The number of amides is 1. The second-order valence-corrected chi connectivity index (χ2v) is 6.40. The fraction of sp³-hybridized carbons (Fsp3) is 0.350. The van der Waals surface area contributed by atoms with E-state index < -0.39 is 5.60 Å². The van der Waals surface area contributed by atoms with Crippen LogP contribution in [0.1, 0.15) is 24.0 Å². The number of aliphatic hydroxyl groups is 1. The molecule has 0 aromatic heterocycles. The first kappa shape index (κ1) is 16.7. The van der Waals surface area contributed by atoms with E-state index in [4.69, 9.17) is 4.74 Å². The Labute approximate surface area is 142 Å². The van der Waals surface area contributed by atoms with Crippen molar-refractivity contribution in [3.63, 3.8) is 0 Å². The molecule has 1 fully saturated rings. The van der Waals surface area contributed by atoms with E-state index >= 15 is 0 Å². The molecule has 0 radical (unpaired) electrons. The lowest BCUT2D eigenvalue weighted by Crippen LogP contribution is -2.50. The van der Waals surface area contributed by atoms with E-state index in [-0.39, 0.29) is 5.91 Å². The third-order valence-electron chi connectivity index (χ3n) is 4.47. The number of hydrogen-bond acceptors (Lipinski definition) is 3. The number of hydrogen-bond donors (Lipinski definition) is 2. The average Bonchev–Trinajstić information content (AvgIpc) is 2.60. The number of carbonyl (C=O) groups excluding carboxylic acids is 1. The summed E-state index contributed by atoms with van der Waals surface area (Å²) in [5, 5.41) is 13.2. The molecule has 2 N–H and O–H groups in total. The maximum Gasteiger partial charge on any atom is 0.252 e. The molecular weight excluding hydrogens is 302 g/mol. The van der Waals surface area contributed by atoms with Crippen LogP contribution in [-0.4, -0.2) is 29.8 Å². The van der Waals surface area contributed by atoms with Gasteiger partial charge >= 0.3 is 0 Å². The number of nitrogens with one attached hydrogen (secondary N) is 1. The zero-order chi connectivity index (χ0) is 17.0. The van der Waals surface area contributed by atoms with Gasteiger partial charge in [-0.2, -0.15) is 0 Å². The number of benzene rings is 2. The molecule has 0 aliphatic carbocycles. The van der Waals surface area contributed by atoms with Crippen LogP contribution in [0.4, 0.5) is 0 Å². The van der Waals surface area contributed by atoms with E-state index in [0.717, 1.165) is 16.7 Å². The number of aryl methyl sites for hydroxylation is 1. The minimum absolute atomic E-state index is 0.313. The van der Waals surface area contributed by atoms with Crippen molar-refractivity contribution < 1.29 is 14.6 Å². The summed E-state index contributed by atoms with van der Waals surface area (Å²) in [5.41, 5.74) is 3.21. The lowest BCUT2D eigenvalue weighted by Gasteiger charge is -2.30. The van der Waals surface area contributed by atoms with E-state index in [9.17, 15) is 9.90 Å². The maximum absolute atomic E-state index is 12.3. The quantitative estimate of drug-likeness (QED) is 0.909. The van der Waals surface area contributed by atoms with Crippen LogP contribution in [0.5, 0.6) is 0 Å². The summed E-state index contributed by atoms with van der Waals surface area (Å²) in [5.74, 6) is -0.313. The SMILES string of the molecule is Cc1cccc(-c2cccc(CNC(=O)C3(O)CCOCC3)c2)c1. The van der Waals surface area contributed by atoms with Crippen LogP contribution in [-0.2, 0) is 16.1 Å². The van der Waals surface area contributed by atoms with Crippen molar-refractivity contribution in [1.82, 2.24) is 5.32 Å². The number of rotatable bonds is 4.